The number of rotatable bonds is 11. The lowest BCUT2D eigenvalue weighted by molar-refractivity contribution is -0.151. The Labute approximate surface area is 204 Å². The molecule has 0 bridgehead atoms. The number of carbonyl (C=O) groups excluding carboxylic acids is 4. The number of nitrogens with one attached hydrogen (secondary N) is 1. The number of benzene rings is 2. The summed E-state index contributed by atoms with van der Waals surface area (Å²) in [4.78, 5) is 50.7. The zero-order valence-corrected chi connectivity index (χ0v) is 20.0. The lowest BCUT2D eigenvalue weighted by Crippen LogP contribution is -2.28. The lowest BCUT2D eigenvalue weighted by Gasteiger charge is -2.17. The Kier molecular flexibility index (Phi) is 9.23. The summed E-state index contributed by atoms with van der Waals surface area (Å²) in [6, 6.07) is 13.3. The van der Waals surface area contributed by atoms with Crippen LogP contribution in [-0.2, 0) is 23.9 Å². The zero-order chi connectivity index (χ0) is 25.2. The fourth-order valence-corrected chi connectivity index (χ4v) is 3.65. The van der Waals surface area contributed by atoms with Crippen molar-refractivity contribution in [2.24, 2.45) is 5.92 Å². The van der Waals surface area contributed by atoms with Crippen LogP contribution in [0.5, 0.6) is 5.75 Å². The quantitative estimate of drug-likeness (QED) is 0.385. The fraction of sp³-hybridized carbons (Fsp3) is 0.385. The predicted octanol–water partition coefficient (Wildman–Crippen LogP) is 3.58. The first-order chi connectivity index (χ1) is 16.9. The molecule has 1 saturated heterocycles. The highest BCUT2D eigenvalue weighted by molar-refractivity contribution is 6.00. The molecule has 3 rings (SSSR count). The number of ether oxygens (including phenoxy) is 3. The van der Waals surface area contributed by atoms with E-state index in [1.807, 2.05) is 0 Å². The summed E-state index contributed by atoms with van der Waals surface area (Å²) < 4.78 is 15.5. The van der Waals surface area contributed by atoms with Crippen LogP contribution in [0.1, 0.15) is 43.0 Å². The maximum absolute atomic E-state index is 12.5. The van der Waals surface area contributed by atoms with Crippen molar-refractivity contribution in [2.75, 3.05) is 37.1 Å². The van der Waals surface area contributed by atoms with Gasteiger partial charge < -0.3 is 24.4 Å². The number of hydrogen-bond donors (Lipinski definition) is 1. The van der Waals surface area contributed by atoms with Gasteiger partial charge in [-0.2, -0.15) is 0 Å². The van der Waals surface area contributed by atoms with E-state index in [1.54, 1.807) is 48.5 Å². The highest BCUT2D eigenvalue weighted by Gasteiger charge is 2.36. The van der Waals surface area contributed by atoms with Crippen molar-refractivity contribution in [3.05, 3.63) is 54.1 Å². The van der Waals surface area contributed by atoms with E-state index in [4.69, 9.17) is 14.2 Å². The SMILES string of the molecule is CCCCCOC(=O)c1ccc(N2C[C@H](C(=O)OCC(=O)Nc3cccc(OC)c3)CC2=O)cc1. The van der Waals surface area contributed by atoms with Crippen molar-refractivity contribution < 1.29 is 33.4 Å². The van der Waals surface area contributed by atoms with Crippen molar-refractivity contribution in [3.63, 3.8) is 0 Å². The molecule has 0 spiro atoms. The third kappa shape index (κ3) is 7.30. The number of hydrogen-bond acceptors (Lipinski definition) is 7. The van der Waals surface area contributed by atoms with Gasteiger partial charge in [0.05, 0.1) is 25.2 Å². The molecule has 2 amide bonds. The van der Waals surface area contributed by atoms with E-state index >= 15 is 0 Å². The minimum atomic E-state index is -0.685. The summed E-state index contributed by atoms with van der Waals surface area (Å²) in [6.45, 7) is 2.12. The summed E-state index contributed by atoms with van der Waals surface area (Å²) in [5, 5.41) is 2.63. The second kappa shape index (κ2) is 12.5. The van der Waals surface area contributed by atoms with Crippen molar-refractivity contribution in [3.8, 4) is 5.75 Å². The minimum Gasteiger partial charge on any atom is -0.497 e. The van der Waals surface area contributed by atoms with Crippen LogP contribution in [0.25, 0.3) is 0 Å². The summed E-state index contributed by atoms with van der Waals surface area (Å²) >= 11 is 0. The Morgan fingerprint density at radius 1 is 1.06 bits per heavy atom. The first kappa shape index (κ1) is 25.7. The Balaban J connectivity index is 1.48. The molecule has 1 aliphatic heterocycles. The van der Waals surface area contributed by atoms with E-state index in [-0.39, 0.29) is 18.9 Å². The number of carbonyl (C=O) groups is 4. The van der Waals surface area contributed by atoms with Gasteiger partial charge in [-0.3, -0.25) is 14.4 Å². The Bertz CT molecular complexity index is 1050. The molecule has 9 nitrogen and oxygen atoms in total. The maximum Gasteiger partial charge on any atom is 0.338 e. The van der Waals surface area contributed by atoms with Gasteiger partial charge in [0.2, 0.25) is 5.91 Å². The van der Waals surface area contributed by atoms with Gasteiger partial charge in [0.25, 0.3) is 5.91 Å². The summed E-state index contributed by atoms with van der Waals surface area (Å²) in [5.41, 5.74) is 1.49. The van der Waals surface area contributed by atoms with Crippen molar-refractivity contribution in [2.45, 2.75) is 32.6 Å². The summed E-state index contributed by atoms with van der Waals surface area (Å²) in [5.74, 6) is -1.85. The second-order valence-corrected chi connectivity index (χ2v) is 8.18. The number of methoxy groups -OCH3 is 1. The molecule has 9 heteroatoms. The second-order valence-electron chi connectivity index (χ2n) is 8.18. The molecule has 1 aliphatic rings. The van der Waals surface area contributed by atoms with Crippen molar-refractivity contribution in [1.82, 2.24) is 0 Å². The van der Waals surface area contributed by atoms with Gasteiger partial charge in [-0.15, -0.1) is 0 Å². The smallest absolute Gasteiger partial charge is 0.338 e. The number of esters is 2. The van der Waals surface area contributed by atoms with Gasteiger partial charge in [-0.05, 0) is 42.8 Å². The van der Waals surface area contributed by atoms with Crippen LogP contribution in [0.4, 0.5) is 11.4 Å². The average Bonchev–Trinajstić information content (AvgIpc) is 3.27. The molecule has 1 atom stereocenters. The molecule has 1 N–H and O–H groups in total. The third-order valence-electron chi connectivity index (χ3n) is 5.55. The van der Waals surface area contributed by atoms with Gasteiger partial charge in [0.1, 0.15) is 5.75 Å². The van der Waals surface area contributed by atoms with Crippen LogP contribution in [0.2, 0.25) is 0 Å². The molecule has 0 radical (unpaired) electrons. The van der Waals surface area contributed by atoms with Crippen LogP contribution < -0.4 is 15.0 Å². The molecule has 0 aliphatic carbocycles. The Morgan fingerprint density at radius 3 is 2.54 bits per heavy atom. The standard InChI is InChI=1S/C26H30N2O7/c1-3-4-5-13-34-25(31)18-9-11-21(12-10-18)28-16-19(14-24(28)30)26(32)35-17-23(29)27-20-7-6-8-22(15-20)33-2/h6-12,15,19H,3-5,13-14,16-17H2,1-2H3,(H,27,29)/t19-/m1/s1. The van der Waals surface area contributed by atoms with Crippen molar-refractivity contribution >= 4 is 35.1 Å². The third-order valence-corrected chi connectivity index (χ3v) is 5.55. The Hall–Kier alpha value is -3.88. The van der Waals surface area contributed by atoms with E-state index in [2.05, 4.69) is 12.2 Å². The van der Waals surface area contributed by atoms with E-state index < -0.39 is 30.4 Å². The summed E-state index contributed by atoms with van der Waals surface area (Å²) in [7, 11) is 1.52. The van der Waals surface area contributed by atoms with Gasteiger partial charge in [-0.1, -0.05) is 25.8 Å². The molecule has 0 unspecified atom stereocenters. The molecular formula is C26H30N2O7. The molecule has 0 aromatic heterocycles. The largest absolute Gasteiger partial charge is 0.497 e. The molecule has 1 heterocycles. The van der Waals surface area contributed by atoms with Gasteiger partial charge in [-0.25, -0.2) is 4.79 Å². The summed E-state index contributed by atoms with van der Waals surface area (Å²) in [6.07, 6.45) is 2.85. The highest BCUT2D eigenvalue weighted by atomic mass is 16.5. The maximum atomic E-state index is 12.5. The monoisotopic (exact) mass is 482 g/mol. The fourth-order valence-electron chi connectivity index (χ4n) is 3.65. The van der Waals surface area contributed by atoms with Crippen LogP contribution in [0.3, 0.4) is 0 Å². The normalized spacial score (nSPS) is 15.0. The van der Waals surface area contributed by atoms with E-state index in [1.165, 1.54) is 12.0 Å². The van der Waals surface area contributed by atoms with Crippen LogP contribution in [0.15, 0.2) is 48.5 Å². The minimum absolute atomic E-state index is 0.0163. The number of nitrogens with zero attached hydrogens (tertiary/aromatic N) is 1. The molecule has 2 aromatic rings. The number of anilines is 2. The first-order valence-corrected chi connectivity index (χ1v) is 11.6. The van der Waals surface area contributed by atoms with Gasteiger partial charge in [0, 0.05) is 30.4 Å². The lowest BCUT2D eigenvalue weighted by atomic mass is 10.1. The van der Waals surface area contributed by atoms with Crippen LogP contribution in [0, 0.1) is 5.92 Å². The first-order valence-electron chi connectivity index (χ1n) is 11.6. The van der Waals surface area contributed by atoms with Crippen molar-refractivity contribution in [1.29, 1.82) is 0 Å². The highest BCUT2D eigenvalue weighted by Crippen LogP contribution is 2.26. The van der Waals surface area contributed by atoms with Crippen LogP contribution in [-0.4, -0.2) is 50.6 Å². The molecule has 0 saturated carbocycles. The van der Waals surface area contributed by atoms with Crippen LogP contribution >= 0.6 is 0 Å². The van der Waals surface area contributed by atoms with E-state index in [9.17, 15) is 19.2 Å². The molecular weight excluding hydrogens is 452 g/mol. The zero-order valence-electron chi connectivity index (χ0n) is 20.0. The van der Waals surface area contributed by atoms with E-state index in [0.29, 0.717) is 29.3 Å². The Morgan fingerprint density at radius 2 is 1.83 bits per heavy atom. The predicted molar refractivity (Wildman–Crippen MR) is 129 cm³/mol. The average molecular weight is 483 g/mol. The number of unbranched alkanes of at least 4 members (excludes halogenated alkanes) is 2. The molecule has 186 valence electrons. The van der Waals surface area contributed by atoms with Gasteiger partial charge in [0.15, 0.2) is 6.61 Å². The van der Waals surface area contributed by atoms with E-state index in [0.717, 1.165) is 19.3 Å². The van der Waals surface area contributed by atoms with Gasteiger partial charge >= 0.3 is 11.9 Å². The topological polar surface area (TPSA) is 111 Å². The molecule has 35 heavy (non-hydrogen) atoms. The molecule has 2 aromatic carbocycles. The molecule has 1 fully saturated rings. The number of amides is 2.